The van der Waals surface area contributed by atoms with Crippen LogP contribution in [0.15, 0.2) is 59.5 Å². The fourth-order valence-corrected chi connectivity index (χ4v) is 6.31. The van der Waals surface area contributed by atoms with E-state index in [1.807, 2.05) is 12.1 Å². The Bertz CT molecular complexity index is 1430. The Hall–Kier alpha value is -2.44. The molecule has 1 fully saturated rings. The molecule has 0 radical (unpaired) electrons. The largest absolute Gasteiger partial charge is 0.478 e. The number of aromatic carboxylic acids is 1. The number of carboxylic acids is 1. The van der Waals surface area contributed by atoms with Crippen molar-refractivity contribution in [2.45, 2.75) is 30.7 Å². The number of carboxylic acid groups (broad SMARTS) is 1. The third-order valence-corrected chi connectivity index (χ3v) is 7.98. The van der Waals surface area contributed by atoms with E-state index in [4.69, 9.17) is 23.2 Å². The third kappa shape index (κ3) is 4.04. The minimum absolute atomic E-state index is 0.224. The Morgan fingerprint density at radius 3 is 2.55 bits per heavy atom. The van der Waals surface area contributed by atoms with Crippen LogP contribution in [0.2, 0.25) is 0 Å². The molecule has 2 N–H and O–H groups in total. The number of halogens is 2. The maximum absolute atomic E-state index is 11.2. The molecule has 1 aliphatic heterocycles. The lowest BCUT2D eigenvalue weighted by molar-refractivity contribution is 0.0697. The molecule has 0 bridgehead atoms. The number of hydrogen-bond acceptors (Lipinski definition) is 3. The third-order valence-electron chi connectivity index (χ3n) is 6.13. The predicted molar refractivity (Wildman–Crippen MR) is 139 cm³/mol. The van der Waals surface area contributed by atoms with E-state index in [9.17, 15) is 9.90 Å². The number of fused-ring (bicyclic) bond motifs is 3. The van der Waals surface area contributed by atoms with Crippen molar-refractivity contribution in [1.29, 1.82) is 0 Å². The molecule has 0 aliphatic carbocycles. The van der Waals surface area contributed by atoms with Crippen LogP contribution in [0.4, 0.5) is 0 Å². The molecule has 0 amide bonds. The van der Waals surface area contributed by atoms with Crippen molar-refractivity contribution in [3.63, 3.8) is 0 Å². The molecule has 1 saturated heterocycles. The van der Waals surface area contributed by atoms with Crippen LogP contribution in [0.1, 0.15) is 32.6 Å². The van der Waals surface area contributed by atoms with Gasteiger partial charge in [-0.2, -0.15) is 0 Å². The predicted octanol–water partition coefficient (Wildman–Crippen LogP) is 6.92. The second-order valence-electron chi connectivity index (χ2n) is 8.25. The second-order valence-corrected chi connectivity index (χ2v) is 10.6. The molecule has 0 saturated carbocycles. The molecule has 7 heteroatoms. The number of benzene rings is 3. The molecule has 4 nitrogen and oxygen atoms in total. The van der Waals surface area contributed by atoms with E-state index in [1.54, 1.807) is 12.1 Å². The molecule has 1 aliphatic rings. The normalized spacial score (nSPS) is 19.7. The number of aromatic nitrogens is 1. The van der Waals surface area contributed by atoms with Crippen molar-refractivity contribution in [1.82, 2.24) is 9.88 Å². The molecule has 33 heavy (non-hydrogen) atoms. The highest BCUT2D eigenvalue weighted by molar-refractivity contribution is 8.05. The zero-order valence-corrected chi connectivity index (χ0v) is 20.4. The molecule has 168 valence electrons. The molecule has 2 unspecified atom stereocenters. The molecule has 1 aromatic heterocycles. The summed E-state index contributed by atoms with van der Waals surface area (Å²) in [5, 5.41) is 14.8. The highest BCUT2D eigenvalue weighted by atomic mass is 35.5. The van der Waals surface area contributed by atoms with Gasteiger partial charge in [0.1, 0.15) is 10.3 Å². The maximum atomic E-state index is 11.2. The summed E-state index contributed by atoms with van der Waals surface area (Å²) in [6.07, 6.45) is 2.14. The van der Waals surface area contributed by atoms with Gasteiger partial charge in [0.05, 0.1) is 11.1 Å². The topological polar surface area (TPSA) is 54.3 Å². The summed E-state index contributed by atoms with van der Waals surface area (Å²) in [6, 6.07) is 17.7. The van der Waals surface area contributed by atoms with Crippen LogP contribution in [-0.2, 0) is 6.54 Å². The molecule has 2 heterocycles. The maximum Gasteiger partial charge on any atom is 0.335 e. The summed E-state index contributed by atoms with van der Waals surface area (Å²) in [5.74, 6) is -0.915. The van der Waals surface area contributed by atoms with Gasteiger partial charge in [0.2, 0.25) is 0 Å². The quantitative estimate of drug-likeness (QED) is 0.237. The Morgan fingerprint density at radius 2 is 1.88 bits per heavy atom. The van der Waals surface area contributed by atoms with Gasteiger partial charge in [-0.25, -0.2) is 4.79 Å². The lowest BCUT2D eigenvalue weighted by Gasteiger charge is -2.13. The van der Waals surface area contributed by atoms with Crippen LogP contribution in [0.25, 0.3) is 27.9 Å². The van der Waals surface area contributed by atoms with Gasteiger partial charge in [-0.15, -0.1) is 0 Å². The Kier molecular flexibility index (Phi) is 5.91. The Labute approximate surface area is 206 Å². The van der Waals surface area contributed by atoms with E-state index in [2.05, 4.69) is 60.1 Å². The minimum Gasteiger partial charge on any atom is -0.478 e. The zero-order valence-electron chi connectivity index (χ0n) is 18.1. The van der Waals surface area contributed by atoms with Gasteiger partial charge in [-0.05, 0) is 66.4 Å². The fraction of sp³-hybridized carbons (Fsp3) is 0.192. The molecule has 5 rings (SSSR count). The highest BCUT2D eigenvalue weighted by Crippen LogP contribution is 2.40. The van der Waals surface area contributed by atoms with Gasteiger partial charge >= 0.3 is 5.97 Å². The zero-order chi connectivity index (χ0) is 23.3. The average molecular weight is 497 g/mol. The van der Waals surface area contributed by atoms with Crippen molar-refractivity contribution in [3.05, 3.63) is 87.3 Å². The van der Waals surface area contributed by atoms with Gasteiger partial charge in [-0.1, -0.05) is 65.3 Å². The van der Waals surface area contributed by atoms with Crippen molar-refractivity contribution in [2.75, 3.05) is 0 Å². The first-order valence-corrected chi connectivity index (χ1v) is 12.3. The van der Waals surface area contributed by atoms with Crippen LogP contribution in [0.5, 0.6) is 0 Å². The van der Waals surface area contributed by atoms with Gasteiger partial charge in [0.25, 0.3) is 0 Å². The highest BCUT2D eigenvalue weighted by Gasteiger charge is 2.26. The number of para-hydroxylation sites is 1. The van der Waals surface area contributed by atoms with Crippen molar-refractivity contribution >= 4 is 68.8 Å². The van der Waals surface area contributed by atoms with E-state index < -0.39 is 5.97 Å². The van der Waals surface area contributed by atoms with Crippen molar-refractivity contribution in [3.8, 4) is 0 Å². The number of rotatable bonds is 4. The average Bonchev–Trinajstić information content (AvgIpc) is 3.29. The van der Waals surface area contributed by atoms with Gasteiger partial charge in [-0.3, -0.25) is 5.32 Å². The number of hydrogen-bond donors (Lipinski definition) is 2. The monoisotopic (exact) mass is 496 g/mol. The number of alkyl halides is 2. The van der Waals surface area contributed by atoms with E-state index >= 15 is 0 Å². The van der Waals surface area contributed by atoms with Crippen LogP contribution < -0.4 is 5.32 Å². The summed E-state index contributed by atoms with van der Waals surface area (Å²) in [4.78, 5) is 12.0. The first-order valence-electron chi connectivity index (χ1n) is 10.6. The van der Waals surface area contributed by atoms with E-state index in [1.165, 1.54) is 39.2 Å². The summed E-state index contributed by atoms with van der Waals surface area (Å²) in [5.41, 5.74) is 6.90. The van der Waals surface area contributed by atoms with Gasteiger partial charge < -0.3 is 9.67 Å². The number of thioether (sulfide) groups is 1. The number of carbonyl (C=O) groups is 1. The first-order chi connectivity index (χ1) is 15.8. The number of nitrogens with one attached hydrogen (secondary N) is 1. The van der Waals surface area contributed by atoms with Crippen molar-refractivity contribution < 1.29 is 9.90 Å². The van der Waals surface area contributed by atoms with E-state index in [0.717, 1.165) is 21.5 Å². The Balaban J connectivity index is 1.68. The van der Waals surface area contributed by atoms with E-state index in [0.29, 0.717) is 12.1 Å². The SMILES string of the molecule is Cc1c(C=C2SC(Cl)NC2Cl)cc(C)c2c1c1ccccc1n2Cc1ccc(C(=O)O)cc1. The van der Waals surface area contributed by atoms with Crippen LogP contribution >= 0.6 is 35.0 Å². The van der Waals surface area contributed by atoms with Crippen molar-refractivity contribution in [2.24, 2.45) is 0 Å². The van der Waals surface area contributed by atoms with E-state index in [-0.39, 0.29) is 10.3 Å². The van der Waals surface area contributed by atoms with Crippen LogP contribution in [0, 0.1) is 13.8 Å². The fourth-order valence-electron chi connectivity index (χ4n) is 4.57. The lowest BCUT2D eigenvalue weighted by atomic mass is 9.98. The number of nitrogens with zero attached hydrogens (tertiary/aromatic N) is 1. The molecule has 0 spiro atoms. The standard InChI is InChI=1S/C26H22Cl2N2O2S/c1-14-11-18(12-21-24(27)29-26(28)33-21)15(2)22-19-5-3-4-6-20(19)30(23(14)22)13-16-7-9-17(10-8-16)25(31)32/h3-12,24,26,29H,13H2,1-2H3,(H,31,32). The summed E-state index contributed by atoms with van der Waals surface area (Å²) in [6.45, 7) is 4.94. The van der Waals surface area contributed by atoms with Gasteiger partial charge in [0, 0.05) is 27.7 Å². The molecular weight excluding hydrogens is 475 g/mol. The summed E-state index contributed by atoms with van der Waals surface area (Å²) in [7, 11) is 0. The summed E-state index contributed by atoms with van der Waals surface area (Å²) < 4.78 is 2.32. The first kappa shape index (κ1) is 22.4. The molecule has 4 aromatic rings. The van der Waals surface area contributed by atoms with Gasteiger partial charge in [0.15, 0.2) is 0 Å². The minimum atomic E-state index is -0.915. The number of aryl methyl sites for hydroxylation is 2. The second kappa shape index (κ2) is 8.73. The smallest absolute Gasteiger partial charge is 0.335 e. The molecule has 2 atom stereocenters. The Morgan fingerprint density at radius 1 is 1.15 bits per heavy atom. The molecule has 3 aromatic carbocycles. The van der Waals surface area contributed by atoms with Crippen LogP contribution in [-0.4, -0.2) is 26.0 Å². The lowest BCUT2D eigenvalue weighted by Crippen LogP contribution is -2.20. The molecular formula is C26H22Cl2N2O2S. The summed E-state index contributed by atoms with van der Waals surface area (Å²) >= 11 is 14.2. The van der Waals surface area contributed by atoms with Crippen LogP contribution in [0.3, 0.4) is 0 Å².